The third kappa shape index (κ3) is 4.00. The Bertz CT molecular complexity index is 321. The van der Waals surface area contributed by atoms with Gasteiger partial charge in [0.15, 0.2) is 0 Å². The second kappa shape index (κ2) is 7.39. The zero-order chi connectivity index (χ0) is 12.6. The average molecular weight is 248 g/mol. The van der Waals surface area contributed by atoms with E-state index in [1.54, 1.807) is 0 Å². The summed E-state index contributed by atoms with van der Waals surface area (Å²) in [6, 6.07) is 10.7. The van der Waals surface area contributed by atoms with Crippen LogP contribution in [0, 0.1) is 0 Å². The monoisotopic (exact) mass is 248 g/mol. The zero-order valence-corrected chi connectivity index (χ0v) is 11.1. The maximum Gasteiger partial charge on any atom is 0.0431 e. The molecule has 0 aliphatic carbocycles. The lowest BCUT2D eigenvalue weighted by Crippen LogP contribution is -2.46. The van der Waals surface area contributed by atoms with E-state index < -0.39 is 0 Å². The number of aliphatic hydroxyl groups is 1. The van der Waals surface area contributed by atoms with Crippen molar-refractivity contribution in [2.24, 2.45) is 0 Å². The molecule has 1 heterocycles. The van der Waals surface area contributed by atoms with Crippen molar-refractivity contribution in [2.75, 3.05) is 44.2 Å². The summed E-state index contributed by atoms with van der Waals surface area (Å²) in [4.78, 5) is 5.00. The van der Waals surface area contributed by atoms with Gasteiger partial charge in [0.05, 0.1) is 0 Å². The number of benzene rings is 1. The van der Waals surface area contributed by atoms with Crippen molar-refractivity contribution in [3.8, 4) is 0 Å². The van der Waals surface area contributed by atoms with Gasteiger partial charge in [0.1, 0.15) is 0 Å². The Morgan fingerprint density at radius 2 is 1.61 bits per heavy atom. The van der Waals surface area contributed by atoms with Crippen LogP contribution in [-0.2, 0) is 0 Å². The highest BCUT2D eigenvalue weighted by atomic mass is 16.2. The highest BCUT2D eigenvalue weighted by molar-refractivity contribution is 5.46. The Kier molecular flexibility index (Phi) is 5.49. The number of hydrogen-bond donors (Lipinski definition) is 1. The van der Waals surface area contributed by atoms with Gasteiger partial charge in [0.25, 0.3) is 0 Å². The molecule has 100 valence electrons. The van der Waals surface area contributed by atoms with Crippen molar-refractivity contribution >= 4 is 5.69 Å². The molecule has 1 aliphatic rings. The summed E-state index contributed by atoms with van der Waals surface area (Å²) in [5, 5.41) is 8.74. The highest BCUT2D eigenvalue weighted by Crippen LogP contribution is 2.15. The number of nitrogens with zero attached hydrogens (tertiary/aromatic N) is 2. The van der Waals surface area contributed by atoms with Gasteiger partial charge in [-0.3, -0.25) is 4.90 Å². The zero-order valence-electron chi connectivity index (χ0n) is 11.1. The summed E-state index contributed by atoms with van der Waals surface area (Å²) < 4.78 is 0. The van der Waals surface area contributed by atoms with E-state index >= 15 is 0 Å². The normalized spacial score (nSPS) is 17.1. The van der Waals surface area contributed by atoms with Crippen LogP contribution in [0.3, 0.4) is 0 Å². The maximum absolute atomic E-state index is 8.74. The molecule has 0 unspecified atom stereocenters. The van der Waals surface area contributed by atoms with E-state index in [1.165, 1.54) is 18.7 Å². The molecule has 18 heavy (non-hydrogen) atoms. The molecule has 0 aromatic heterocycles. The molecule has 1 aromatic carbocycles. The van der Waals surface area contributed by atoms with Crippen LogP contribution in [0.5, 0.6) is 0 Å². The van der Waals surface area contributed by atoms with Gasteiger partial charge in [0.2, 0.25) is 0 Å². The first-order valence-corrected chi connectivity index (χ1v) is 7.03. The lowest BCUT2D eigenvalue weighted by Gasteiger charge is -2.36. The minimum Gasteiger partial charge on any atom is -0.396 e. The Labute approximate surface area is 110 Å². The number of aliphatic hydroxyl groups excluding tert-OH is 1. The smallest absolute Gasteiger partial charge is 0.0431 e. The second-order valence-corrected chi connectivity index (χ2v) is 4.95. The van der Waals surface area contributed by atoms with Crippen molar-refractivity contribution in [1.29, 1.82) is 0 Å². The predicted molar refractivity (Wildman–Crippen MR) is 76.0 cm³/mol. The molecule has 0 bridgehead atoms. The van der Waals surface area contributed by atoms with E-state index in [1.807, 2.05) is 0 Å². The highest BCUT2D eigenvalue weighted by Gasteiger charge is 2.16. The molecule has 0 atom stereocenters. The number of hydrogen-bond acceptors (Lipinski definition) is 3. The van der Waals surface area contributed by atoms with Gasteiger partial charge in [-0.1, -0.05) is 18.2 Å². The van der Waals surface area contributed by atoms with Crippen molar-refractivity contribution in [3.63, 3.8) is 0 Å². The Morgan fingerprint density at radius 3 is 2.28 bits per heavy atom. The van der Waals surface area contributed by atoms with E-state index in [2.05, 4.69) is 40.1 Å². The van der Waals surface area contributed by atoms with Gasteiger partial charge in [0, 0.05) is 38.5 Å². The third-order valence-electron chi connectivity index (χ3n) is 3.63. The van der Waals surface area contributed by atoms with Crippen molar-refractivity contribution in [2.45, 2.75) is 19.3 Å². The fourth-order valence-corrected chi connectivity index (χ4v) is 2.49. The molecule has 0 saturated carbocycles. The van der Waals surface area contributed by atoms with E-state index in [4.69, 9.17) is 5.11 Å². The first kappa shape index (κ1) is 13.4. The molecular weight excluding hydrogens is 224 g/mol. The third-order valence-corrected chi connectivity index (χ3v) is 3.63. The average Bonchev–Trinajstić information content (AvgIpc) is 2.45. The summed E-state index contributed by atoms with van der Waals surface area (Å²) in [5.74, 6) is 0. The summed E-state index contributed by atoms with van der Waals surface area (Å²) >= 11 is 0. The maximum atomic E-state index is 8.74. The largest absolute Gasteiger partial charge is 0.396 e. The van der Waals surface area contributed by atoms with Crippen molar-refractivity contribution in [1.82, 2.24) is 4.90 Å². The molecule has 2 rings (SSSR count). The molecule has 3 heteroatoms. The molecule has 3 nitrogen and oxygen atoms in total. The Balaban J connectivity index is 1.68. The van der Waals surface area contributed by atoms with Crippen LogP contribution in [0.25, 0.3) is 0 Å². The van der Waals surface area contributed by atoms with Crippen LogP contribution in [0.1, 0.15) is 19.3 Å². The predicted octanol–water partition coefficient (Wildman–Crippen LogP) is 1.97. The molecule has 0 radical (unpaired) electrons. The summed E-state index contributed by atoms with van der Waals surface area (Å²) in [6.45, 7) is 6.10. The first-order valence-electron chi connectivity index (χ1n) is 7.03. The molecule has 0 spiro atoms. The molecule has 1 aromatic rings. The van der Waals surface area contributed by atoms with Gasteiger partial charge >= 0.3 is 0 Å². The second-order valence-electron chi connectivity index (χ2n) is 4.95. The number of piperazine rings is 1. The standard InChI is InChI=1S/C15H24N2O/c18-14-6-2-5-9-16-10-12-17(13-11-16)15-7-3-1-4-8-15/h1,3-4,7-8,18H,2,5-6,9-14H2. The number of unbranched alkanes of at least 4 members (excludes halogenated alkanes) is 2. The van der Waals surface area contributed by atoms with E-state index in [0.717, 1.165) is 39.0 Å². The Morgan fingerprint density at radius 1 is 0.889 bits per heavy atom. The summed E-state index contributed by atoms with van der Waals surface area (Å²) in [7, 11) is 0. The van der Waals surface area contributed by atoms with Crippen LogP contribution in [-0.4, -0.2) is 49.3 Å². The number of rotatable bonds is 6. The van der Waals surface area contributed by atoms with E-state index in [-0.39, 0.29) is 0 Å². The summed E-state index contributed by atoms with van der Waals surface area (Å²) in [5.41, 5.74) is 1.34. The minimum atomic E-state index is 0.335. The fourth-order valence-electron chi connectivity index (χ4n) is 2.49. The van der Waals surface area contributed by atoms with Gasteiger partial charge in [-0.2, -0.15) is 0 Å². The van der Waals surface area contributed by atoms with E-state index in [0.29, 0.717) is 6.61 Å². The first-order chi connectivity index (χ1) is 8.90. The van der Waals surface area contributed by atoms with Crippen LogP contribution in [0.15, 0.2) is 30.3 Å². The van der Waals surface area contributed by atoms with Gasteiger partial charge in [-0.05, 0) is 37.9 Å². The quantitative estimate of drug-likeness (QED) is 0.780. The number of anilines is 1. The van der Waals surface area contributed by atoms with Crippen LogP contribution < -0.4 is 4.90 Å². The van der Waals surface area contributed by atoms with Crippen molar-refractivity contribution < 1.29 is 5.11 Å². The minimum absolute atomic E-state index is 0.335. The van der Waals surface area contributed by atoms with Crippen LogP contribution in [0.4, 0.5) is 5.69 Å². The molecule has 1 N–H and O–H groups in total. The molecular formula is C15H24N2O. The summed E-state index contributed by atoms with van der Waals surface area (Å²) in [6.07, 6.45) is 3.31. The molecule has 0 amide bonds. The topological polar surface area (TPSA) is 26.7 Å². The van der Waals surface area contributed by atoms with Gasteiger partial charge in [-0.25, -0.2) is 0 Å². The van der Waals surface area contributed by atoms with Gasteiger partial charge in [-0.15, -0.1) is 0 Å². The fraction of sp³-hybridized carbons (Fsp3) is 0.600. The lowest BCUT2D eigenvalue weighted by atomic mass is 10.2. The molecule has 1 saturated heterocycles. The molecule has 1 aliphatic heterocycles. The van der Waals surface area contributed by atoms with Crippen molar-refractivity contribution in [3.05, 3.63) is 30.3 Å². The number of para-hydroxylation sites is 1. The van der Waals surface area contributed by atoms with Gasteiger partial charge < -0.3 is 10.0 Å². The Hall–Kier alpha value is -1.06. The SMILES string of the molecule is OCCCCCN1CCN(c2ccccc2)CC1. The lowest BCUT2D eigenvalue weighted by molar-refractivity contribution is 0.242. The van der Waals surface area contributed by atoms with Crippen LogP contribution in [0.2, 0.25) is 0 Å². The van der Waals surface area contributed by atoms with E-state index in [9.17, 15) is 0 Å². The molecule has 1 fully saturated rings. The van der Waals surface area contributed by atoms with Crippen LogP contribution >= 0.6 is 0 Å².